The molecular weight excluding hydrogens is 384 g/mol. The molecule has 0 saturated carbocycles. The van der Waals surface area contributed by atoms with Crippen molar-refractivity contribution in [2.75, 3.05) is 18.1 Å². The summed E-state index contributed by atoms with van der Waals surface area (Å²) < 4.78 is 1.91. The van der Waals surface area contributed by atoms with Crippen LogP contribution in [0, 0.1) is 20.8 Å². The van der Waals surface area contributed by atoms with E-state index in [1.807, 2.05) is 62.1 Å². The number of hydrogen-bond acceptors (Lipinski definition) is 4. The van der Waals surface area contributed by atoms with Gasteiger partial charge < -0.3 is 10.6 Å². The molecule has 0 radical (unpaired) electrons. The average molecular weight is 409 g/mol. The number of aromatic nitrogens is 2. The Hall–Kier alpha value is -3.06. The Bertz CT molecular complexity index is 1040. The third-order valence-corrected chi connectivity index (χ3v) is 5.19. The minimum absolute atomic E-state index is 0.100. The first-order chi connectivity index (χ1) is 13.9. The van der Waals surface area contributed by atoms with Crippen molar-refractivity contribution < 1.29 is 9.59 Å². The molecule has 0 aliphatic rings. The molecule has 0 aliphatic heterocycles. The summed E-state index contributed by atoms with van der Waals surface area (Å²) in [4.78, 5) is 29.1. The average Bonchev–Trinajstić information content (AvgIpc) is 3.18. The van der Waals surface area contributed by atoms with Crippen molar-refractivity contribution in [3.63, 3.8) is 0 Å². The summed E-state index contributed by atoms with van der Waals surface area (Å²) in [5.41, 5.74) is 5.27. The van der Waals surface area contributed by atoms with Gasteiger partial charge in [-0.25, -0.2) is 4.98 Å². The number of hydrogen-bond donors (Lipinski definition) is 2. The Balaban J connectivity index is 1.65. The minimum Gasteiger partial charge on any atom is -0.343 e. The lowest BCUT2D eigenvalue weighted by Crippen LogP contribution is -2.33. The highest BCUT2D eigenvalue weighted by molar-refractivity contribution is 7.98. The molecule has 0 bridgehead atoms. The molecule has 2 amide bonds. The van der Waals surface area contributed by atoms with Crippen molar-refractivity contribution >= 4 is 29.3 Å². The fraction of sp³-hybridized carbons (Fsp3) is 0.227. The monoisotopic (exact) mass is 408 g/mol. The molecule has 0 unspecified atom stereocenters. The zero-order valence-corrected chi connectivity index (χ0v) is 17.8. The molecular formula is C22H24N4O2S. The van der Waals surface area contributed by atoms with Gasteiger partial charge in [-0.3, -0.25) is 14.2 Å². The second-order valence-electron chi connectivity index (χ2n) is 6.84. The number of imidazole rings is 1. The summed E-state index contributed by atoms with van der Waals surface area (Å²) in [6, 6.07) is 11.3. The Kier molecular flexibility index (Phi) is 6.39. The van der Waals surface area contributed by atoms with Crippen LogP contribution in [0.5, 0.6) is 0 Å². The first kappa shape index (κ1) is 20.7. The Morgan fingerprint density at radius 3 is 2.52 bits per heavy atom. The van der Waals surface area contributed by atoms with E-state index < -0.39 is 0 Å². The zero-order valence-electron chi connectivity index (χ0n) is 16.9. The van der Waals surface area contributed by atoms with Crippen molar-refractivity contribution in [1.82, 2.24) is 14.9 Å². The maximum absolute atomic E-state index is 12.5. The van der Waals surface area contributed by atoms with Gasteiger partial charge in [0.25, 0.3) is 5.91 Å². The second-order valence-corrected chi connectivity index (χ2v) is 7.61. The quantitative estimate of drug-likeness (QED) is 0.607. The first-order valence-corrected chi connectivity index (χ1v) is 10.4. The van der Waals surface area contributed by atoms with E-state index in [2.05, 4.69) is 15.6 Å². The third kappa shape index (κ3) is 4.86. The summed E-state index contributed by atoms with van der Waals surface area (Å²) in [5.74, 6) is -0.561. The smallest absolute Gasteiger partial charge is 0.251 e. The van der Waals surface area contributed by atoms with Gasteiger partial charge in [0.1, 0.15) is 0 Å². The summed E-state index contributed by atoms with van der Waals surface area (Å²) in [6.45, 7) is 5.83. The lowest BCUT2D eigenvalue weighted by Gasteiger charge is -2.13. The predicted molar refractivity (Wildman–Crippen MR) is 117 cm³/mol. The number of carbonyl (C=O) groups excluding carboxylic acids is 2. The highest BCUT2D eigenvalue weighted by Gasteiger charge is 2.12. The van der Waals surface area contributed by atoms with Crippen LogP contribution in [0.25, 0.3) is 5.69 Å². The van der Waals surface area contributed by atoms with Gasteiger partial charge in [0.15, 0.2) is 5.16 Å². The number of aryl methyl sites for hydroxylation is 3. The van der Waals surface area contributed by atoms with Gasteiger partial charge >= 0.3 is 0 Å². The van der Waals surface area contributed by atoms with Crippen LogP contribution in [0.3, 0.4) is 0 Å². The summed E-state index contributed by atoms with van der Waals surface area (Å²) in [7, 11) is 0. The van der Waals surface area contributed by atoms with E-state index in [-0.39, 0.29) is 18.4 Å². The molecule has 0 spiro atoms. The summed E-state index contributed by atoms with van der Waals surface area (Å²) in [6.07, 6.45) is 5.52. The van der Waals surface area contributed by atoms with Gasteiger partial charge in [0.2, 0.25) is 5.91 Å². The Morgan fingerprint density at radius 1 is 1.10 bits per heavy atom. The van der Waals surface area contributed by atoms with Crippen LogP contribution in [-0.4, -0.2) is 34.2 Å². The number of nitrogens with one attached hydrogen (secondary N) is 2. The summed E-state index contributed by atoms with van der Waals surface area (Å²) in [5, 5.41) is 6.42. The number of nitrogens with zero attached hydrogens (tertiary/aromatic N) is 2. The van der Waals surface area contributed by atoms with E-state index in [4.69, 9.17) is 0 Å². The van der Waals surface area contributed by atoms with Gasteiger partial charge in [0, 0.05) is 29.3 Å². The fourth-order valence-electron chi connectivity index (χ4n) is 3.26. The molecule has 1 aromatic heterocycles. The van der Waals surface area contributed by atoms with Crippen LogP contribution in [-0.2, 0) is 4.79 Å². The molecule has 0 fully saturated rings. The molecule has 2 aromatic carbocycles. The molecule has 0 saturated heterocycles. The van der Waals surface area contributed by atoms with Crippen LogP contribution in [0.1, 0.15) is 27.0 Å². The molecule has 6 nitrogen and oxygen atoms in total. The van der Waals surface area contributed by atoms with Gasteiger partial charge in [-0.15, -0.1) is 0 Å². The van der Waals surface area contributed by atoms with Crippen LogP contribution >= 0.6 is 11.8 Å². The van der Waals surface area contributed by atoms with E-state index in [1.165, 1.54) is 11.8 Å². The third-order valence-electron chi connectivity index (χ3n) is 4.53. The molecule has 2 N–H and O–H groups in total. The molecule has 0 aliphatic carbocycles. The lowest BCUT2D eigenvalue weighted by atomic mass is 10.1. The molecule has 7 heteroatoms. The Morgan fingerprint density at radius 2 is 1.83 bits per heavy atom. The number of amides is 2. The number of rotatable bonds is 6. The van der Waals surface area contributed by atoms with Crippen LogP contribution in [0.2, 0.25) is 0 Å². The molecule has 3 aromatic rings. The van der Waals surface area contributed by atoms with Crippen molar-refractivity contribution in [2.45, 2.75) is 25.9 Å². The van der Waals surface area contributed by atoms with Gasteiger partial charge in [-0.2, -0.15) is 0 Å². The molecule has 1 heterocycles. The number of carbonyl (C=O) groups is 2. The second kappa shape index (κ2) is 8.96. The fourth-order valence-corrected chi connectivity index (χ4v) is 3.79. The zero-order chi connectivity index (χ0) is 21.0. The lowest BCUT2D eigenvalue weighted by molar-refractivity contribution is -0.115. The summed E-state index contributed by atoms with van der Waals surface area (Å²) >= 11 is 1.53. The van der Waals surface area contributed by atoms with E-state index in [0.717, 1.165) is 33.2 Å². The van der Waals surface area contributed by atoms with Crippen molar-refractivity contribution in [1.29, 1.82) is 0 Å². The van der Waals surface area contributed by atoms with Crippen LogP contribution < -0.4 is 10.6 Å². The molecule has 0 atom stereocenters. The van der Waals surface area contributed by atoms with Gasteiger partial charge in [0.05, 0.1) is 6.54 Å². The molecule has 29 heavy (non-hydrogen) atoms. The van der Waals surface area contributed by atoms with E-state index in [9.17, 15) is 9.59 Å². The highest BCUT2D eigenvalue weighted by atomic mass is 32.2. The normalized spacial score (nSPS) is 10.6. The van der Waals surface area contributed by atoms with Crippen molar-refractivity contribution in [3.05, 3.63) is 71.0 Å². The van der Waals surface area contributed by atoms with Crippen LogP contribution in [0.4, 0.5) is 5.69 Å². The van der Waals surface area contributed by atoms with Crippen molar-refractivity contribution in [3.8, 4) is 5.69 Å². The minimum atomic E-state index is -0.301. The maximum atomic E-state index is 12.5. The molecule has 3 rings (SSSR count). The maximum Gasteiger partial charge on any atom is 0.251 e. The molecule has 150 valence electrons. The SMILES string of the molecule is CSc1nccn1-c1cccc(C(=O)NCC(=O)Nc2c(C)cc(C)cc2C)c1. The van der Waals surface area contributed by atoms with Crippen LogP contribution in [0.15, 0.2) is 53.9 Å². The predicted octanol–water partition coefficient (Wildman–Crippen LogP) is 3.89. The Labute approximate surface area is 174 Å². The van der Waals surface area contributed by atoms with Crippen molar-refractivity contribution in [2.24, 2.45) is 0 Å². The number of benzene rings is 2. The van der Waals surface area contributed by atoms with E-state index >= 15 is 0 Å². The van der Waals surface area contributed by atoms with E-state index in [1.54, 1.807) is 18.3 Å². The standard InChI is InChI=1S/C22H24N4O2S/c1-14-10-15(2)20(16(3)11-14)25-19(27)13-24-21(28)17-6-5-7-18(12-17)26-9-8-23-22(26)29-4/h5-12H,13H2,1-4H3,(H,24,28)(H,25,27). The number of anilines is 1. The van der Waals surface area contributed by atoms with E-state index in [0.29, 0.717) is 5.56 Å². The first-order valence-electron chi connectivity index (χ1n) is 9.22. The van der Waals surface area contributed by atoms with Gasteiger partial charge in [-0.1, -0.05) is 35.5 Å². The topological polar surface area (TPSA) is 76.0 Å². The largest absolute Gasteiger partial charge is 0.343 e. The van der Waals surface area contributed by atoms with Gasteiger partial charge in [-0.05, 0) is 56.4 Å². The highest BCUT2D eigenvalue weighted by Crippen LogP contribution is 2.22. The number of thioether (sulfide) groups is 1.